The first-order valence-corrected chi connectivity index (χ1v) is 12.9. The largest absolute Gasteiger partial charge is 0.371 e. The molecule has 0 spiro atoms. The number of carbonyl (C=O) groups is 2. The Labute approximate surface area is 199 Å². The standard InChI is InChI=1S/C26H27N3O4S/c1-17-7-6-8-19(13-17)15-34(32,33)16-24-26(31)29-23-14-21(11-12-22(23)28-24)25(30)27-18(2)20-9-4-3-5-10-20/h3-14,18,24,28H,15-16H2,1-2H3,(H,27,30)(H,29,31). The van der Waals surface area contributed by atoms with Gasteiger partial charge in [0.2, 0.25) is 5.91 Å². The molecule has 3 aromatic rings. The van der Waals surface area contributed by atoms with Gasteiger partial charge in [0.05, 0.1) is 28.9 Å². The Balaban J connectivity index is 1.43. The van der Waals surface area contributed by atoms with Crippen molar-refractivity contribution >= 4 is 33.0 Å². The third-order valence-corrected chi connectivity index (χ3v) is 7.34. The summed E-state index contributed by atoms with van der Waals surface area (Å²) in [5, 5.41) is 8.70. The van der Waals surface area contributed by atoms with Gasteiger partial charge in [-0.25, -0.2) is 8.42 Å². The summed E-state index contributed by atoms with van der Waals surface area (Å²) in [5.74, 6) is -1.18. The third kappa shape index (κ3) is 5.63. The van der Waals surface area contributed by atoms with Crippen LogP contribution < -0.4 is 16.0 Å². The minimum Gasteiger partial charge on any atom is -0.371 e. The number of aryl methyl sites for hydroxylation is 1. The minimum absolute atomic E-state index is 0.133. The van der Waals surface area contributed by atoms with Gasteiger partial charge in [0.1, 0.15) is 6.04 Å². The van der Waals surface area contributed by atoms with E-state index in [0.29, 0.717) is 22.5 Å². The molecular formula is C26H27N3O4S. The molecule has 7 nitrogen and oxygen atoms in total. The van der Waals surface area contributed by atoms with Gasteiger partial charge < -0.3 is 16.0 Å². The average molecular weight is 478 g/mol. The van der Waals surface area contributed by atoms with E-state index in [4.69, 9.17) is 0 Å². The minimum atomic E-state index is -3.54. The fraction of sp³-hybridized carbons (Fsp3) is 0.231. The van der Waals surface area contributed by atoms with Crippen LogP contribution in [0.3, 0.4) is 0 Å². The highest BCUT2D eigenvalue weighted by atomic mass is 32.2. The molecule has 2 amide bonds. The Morgan fingerprint density at radius 2 is 1.76 bits per heavy atom. The normalized spacial score (nSPS) is 16.1. The van der Waals surface area contributed by atoms with Crippen molar-refractivity contribution in [3.8, 4) is 0 Å². The van der Waals surface area contributed by atoms with Crippen LogP contribution >= 0.6 is 0 Å². The van der Waals surface area contributed by atoms with Gasteiger partial charge >= 0.3 is 0 Å². The predicted molar refractivity (Wildman–Crippen MR) is 133 cm³/mol. The van der Waals surface area contributed by atoms with E-state index in [1.165, 1.54) is 0 Å². The molecule has 0 bridgehead atoms. The first kappa shape index (κ1) is 23.5. The van der Waals surface area contributed by atoms with Crippen molar-refractivity contribution in [1.82, 2.24) is 5.32 Å². The number of anilines is 2. The lowest BCUT2D eigenvalue weighted by molar-refractivity contribution is -0.116. The molecule has 3 N–H and O–H groups in total. The molecule has 1 aliphatic heterocycles. The van der Waals surface area contributed by atoms with E-state index in [9.17, 15) is 18.0 Å². The summed E-state index contributed by atoms with van der Waals surface area (Å²) in [5.41, 5.74) is 4.07. The summed E-state index contributed by atoms with van der Waals surface area (Å²) in [6.45, 7) is 3.80. The zero-order valence-corrected chi connectivity index (χ0v) is 19.9. The monoisotopic (exact) mass is 477 g/mol. The van der Waals surface area contributed by atoms with Gasteiger partial charge in [0.15, 0.2) is 9.84 Å². The summed E-state index contributed by atoms with van der Waals surface area (Å²) in [7, 11) is -3.54. The lowest BCUT2D eigenvalue weighted by Gasteiger charge is -2.27. The Morgan fingerprint density at radius 1 is 1.00 bits per heavy atom. The maximum absolute atomic E-state index is 12.7. The van der Waals surface area contributed by atoms with Gasteiger partial charge in [-0.1, -0.05) is 60.2 Å². The van der Waals surface area contributed by atoms with Gasteiger partial charge in [-0.3, -0.25) is 9.59 Å². The number of carbonyl (C=O) groups excluding carboxylic acids is 2. The van der Waals surface area contributed by atoms with Crippen molar-refractivity contribution in [3.63, 3.8) is 0 Å². The zero-order chi connectivity index (χ0) is 24.3. The van der Waals surface area contributed by atoms with E-state index in [-0.39, 0.29) is 23.5 Å². The van der Waals surface area contributed by atoms with Gasteiger partial charge in [-0.05, 0) is 43.2 Å². The summed E-state index contributed by atoms with van der Waals surface area (Å²) in [6, 6.07) is 20.7. The highest BCUT2D eigenvalue weighted by molar-refractivity contribution is 7.90. The average Bonchev–Trinajstić information content (AvgIpc) is 2.79. The summed E-state index contributed by atoms with van der Waals surface area (Å²) < 4.78 is 25.5. The molecule has 0 aromatic heterocycles. The molecule has 8 heteroatoms. The summed E-state index contributed by atoms with van der Waals surface area (Å²) in [6.07, 6.45) is 0. The number of sulfone groups is 1. The van der Waals surface area contributed by atoms with Crippen LogP contribution in [0.2, 0.25) is 0 Å². The fourth-order valence-electron chi connectivity index (χ4n) is 3.98. The molecule has 1 aliphatic rings. The first-order valence-electron chi connectivity index (χ1n) is 11.0. The summed E-state index contributed by atoms with van der Waals surface area (Å²) >= 11 is 0. The molecule has 0 fully saturated rings. The van der Waals surface area contributed by atoms with Gasteiger partial charge in [-0.2, -0.15) is 0 Å². The third-order valence-electron chi connectivity index (χ3n) is 5.72. The zero-order valence-electron chi connectivity index (χ0n) is 19.0. The Kier molecular flexibility index (Phi) is 6.70. The van der Waals surface area contributed by atoms with Crippen molar-refractivity contribution < 1.29 is 18.0 Å². The SMILES string of the molecule is Cc1cccc(CS(=O)(=O)CC2Nc3ccc(C(=O)NC(C)c4ccccc4)cc3NC2=O)c1. The molecule has 0 radical (unpaired) electrons. The molecule has 0 aliphatic carbocycles. The number of benzene rings is 3. The Hall–Kier alpha value is -3.65. The van der Waals surface area contributed by atoms with E-state index in [0.717, 1.165) is 11.1 Å². The van der Waals surface area contributed by atoms with E-state index in [2.05, 4.69) is 16.0 Å². The van der Waals surface area contributed by atoms with Crippen LogP contribution in [0.4, 0.5) is 11.4 Å². The Morgan fingerprint density at radius 3 is 2.50 bits per heavy atom. The van der Waals surface area contributed by atoms with E-state index < -0.39 is 21.8 Å². The quantitative estimate of drug-likeness (QED) is 0.480. The maximum Gasteiger partial charge on any atom is 0.251 e. The van der Waals surface area contributed by atoms with Crippen LogP contribution in [0, 0.1) is 6.92 Å². The van der Waals surface area contributed by atoms with E-state index >= 15 is 0 Å². The molecular weight excluding hydrogens is 450 g/mol. The molecule has 2 unspecified atom stereocenters. The van der Waals surface area contributed by atoms with Crippen molar-refractivity contribution in [2.24, 2.45) is 0 Å². The second-order valence-electron chi connectivity index (χ2n) is 8.60. The fourth-order valence-corrected chi connectivity index (χ4v) is 5.53. The molecule has 34 heavy (non-hydrogen) atoms. The molecule has 4 rings (SSSR count). The lowest BCUT2D eigenvalue weighted by Crippen LogP contribution is -2.43. The molecule has 3 aromatic carbocycles. The maximum atomic E-state index is 12.7. The number of hydrogen-bond acceptors (Lipinski definition) is 5. The van der Waals surface area contributed by atoms with Crippen LogP contribution in [0.5, 0.6) is 0 Å². The number of amides is 2. The highest BCUT2D eigenvalue weighted by Gasteiger charge is 2.30. The second kappa shape index (κ2) is 9.69. The van der Waals surface area contributed by atoms with Gasteiger partial charge in [0, 0.05) is 5.56 Å². The second-order valence-corrected chi connectivity index (χ2v) is 10.7. The number of hydrogen-bond donors (Lipinski definition) is 3. The van der Waals surface area contributed by atoms with Gasteiger partial charge in [0.25, 0.3) is 5.91 Å². The van der Waals surface area contributed by atoms with Crippen molar-refractivity contribution in [1.29, 1.82) is 0 Å². The number of rotatable bonds is 7. The Bertz CT molecular complexity index is 1320. The van der Waals surface area contributed by atoms with Crippen molar-refractivity contribution in [2.45, 2.75) is 31.7 Å². The van der Waals surface area contributed by atoms with Crippen LogP contribution in [0.25, 0.3) is 0 Å². The number of nitrogens with one attached hydrogen (secondary N) is 3. The number of fused-ring (bicyclic) bond motifs is 1. The van der Waals surface area contributed by atoms with Crippen LogP contribution in [-0.2, 0) is 20.4 Å². The highest BCUT2D eigenvalue weighted by Crippen LogP contribution is 2.29. The molecule has 2 atom stereocenters. The molecule has 176 valence electrons. The predicted octanol–water partition coefficient (Wildman–Crippen LogP) is 3.83. The van der Waals surface area contributed by atoms with E-state index in [1.807, 2.05) is 62.4 Å². The van der Waals surface area contributed by atoms with Crippen molar-refractivity contribution in [3.05, 3.63) is 95.1 Å². The van der Waals surface area contributed by atoms with Crippen LogP contribution in [0.1, 0.15) is 40.0 Å². The smallest absolute Gasteiger partial charge is 0.251 e. The molecule has 1 heterocycles. The lowest BCUT2D eigenvalue weighted by atomic mass is 10.1. The van der Waals surface area contributed by atoms with Crippen LogP contribution in [0.15, 0.2) is 72.8 Å². The van der Waals surface area contributed by atoms with Crippen LogP contribution in [-0.4, -0.2) is 32.0 Å². The molecule has 0 saturated heterocycles. The van der Waals surface area contributed by atoms with Crippen molar-refractivity contribution in [2.75, 3.05) is 16.4 Å². The summed E-state index contributed by atoms with van der Waals surface area (Å²) in [4.78, 5) is 25.4. The van der Waals surface area contributed by atoms with Gasteiger partial charge in [-0.15, -0.1) is 0 Å². The topological polar surface area (TPSA) is 104 Å². The molecule has 0 saturated carbocycles. The first-order chi connectivity index (χ1) is 16.2. The van der Waals surface area contributed by atoms with E-state index in [1.54, 1.807) is 24.3 Å².